The number of nitrogens with zero attached hydrogens (tertiary/aromatic N) is 3. The summed E-state index contributed by atoms with van der Waals surface area (Å²) in [4.78, 5) is 10.7. The zero-order valence-corrected chi connectivity index (χ0v) is 10.1. The number of rotatable bonds is 5. The van der Waals surface area contributed by atoms with Crippen LogP contribution in [0, 0.1) is 0 Å². The van der Waals surface area contributed by atoms with Gasteiger partial charge in [-0.3, -0.25) is 0 Å². The SMILES string of the molecule is CN(C)CCCN=C=NC1CCCCC1. The van der Waals surface area contributed by atoms with E-state index in [0.29, 0.717) is 6.04 Å². The molecule has 0 unspecified atom stereocenters. The Morgan fingerprint density at radius 2 is 1.93 bits per heavy atom. The summed E-state index contributed by atoms with van der Waals surface area (Å²) in [6, 6.07) is 3.37. The summed E-state index contributed by atoms with van der Waals surface area (Å²) in [5, 5.41) is 0. The molecular formula is C12H23N3. The van der Waals surface area contributed by atoms with Crippen molar-refractivity contribution in [2.24, 2.45) is 9.98 Å². The van der Waals surface area contributed by atoms with E-state index >= 15 is 0 Å². The number of hydrogen-bond acceptors (Lipinski definition) is 3. The van der Waals surface area contributed by atoms with Crippen molar-refractivity contribution in [1.29, 1.82) is 0 Å². The fourth-order valence-electron chi connectivity index (χ4n) is 1.85. The minimum absolute atomic E-state index is 0.511. The van der Waals surface area contributed by atoms with Gasteiger partial charge >= 0.3 is 0 Å². The van der Waals surface area contributed by atoms with E-state index in [1.165, 1.54) is 32.1 Å². The van der Waals surface area contributed by atoms with Crippen LogP contribution in [0.15, 0.2) is 9.98 Å². The Morgan fingerprint density at radius 1 is 1.20 bits per heavy atom. The number of aliphatic imine (C=N–C) groups is 2. The molecule has 0 saturated heterocycles. The average molecular weight is 209 g/mol. The van der Waals surface area contributed by atoms with Crippen LogP contribution in [-0.2, 0) is 0 Å². The van der Waals surface area contributed by atoms with E-state index in [9.17, 15) is 0 Å². The third-order valence-electron chi connectivity index (χ3n) is 2.76. The fourth-order valence-corrected chi connectivity index (χ4v) is 1.85. The molecule has 0 aromatic carbocycles. The third-order valence-corrected chi connectivity index (χ3v) is 2.76. The van der Waals surface area contributed by atoms with E-state index < -0.39 is 0 Å². The summed E-state index contributed by atoms with van der Waals surface area (Å²) in [6.07, 6.45) is 7.61. The lowest BCUT2D eigenvalue weighted by Crippen LogP contribution is -2.13. The first kappa shape index (κ1) is 12.4. The maximum absolute atomic E-state index is 4.37. The van der Waals surface area contributed by atoms with Crippen molar-refractivity contribution >= 4 is 6.01 Å². The fraction of sp³-hybridized carbons (Fsp3) is 0.917. The van der Waals surface area contributed by atoms with Crippen LogP contribution in [0.3, 0.4) is 0 Å². The van der Waals surface area contributed by atoms with Gasteiger partial charge in [0.05, 0.1) is 18.6 Å². The first-order chi connectivity index (χ1) is 7.29. The molecular weight excluding hydrogens is 186 g/mol. The van der Waals surface area contributed by atoms with E-state index in [0.717, 1.165) is 19.5 Å². The van der Waals surface area contributed by atoms with Crippen molar-refractivity contribution < 1.29 is 0 Å². The molecule has 3 heteroatoms. The average Bonchev–Trinajstić information content (AvgIpc) is 2.24. The van der Waals surface area contributed by atoms with Crippen LogP contribution >= 0.6 is 0 Å². The normalized spacial score (nSPS) is 17.5. The lowest BCUT2D eigenvalue weighted by Gasteiger charge is -2.15. The lowest BCUT2D eigenvalue weighted by atomic mass is 9.96. The molecule has 1 aliphatic rings. The van der Waals surface area contributed by atoms with Crippen molar-refractivity contribution in [2.75, 3.05) is 27.2 Å². The second-order valence-corrected chi connectivity index (χ2v) is 4.56. The van der Waals surface area contributed by atoms with Crippen molar-refractivity contribution in [3.05, 3.63) is 0 Å². The van der Waals surface area contributed by atoms with Crippen LogP contribution in [0.2, 0.25) is 0 Å². The third kappa shape index (κ3) is 6.43. The van der Waals surface area contributed by atoms with Gasteiger partial charge in [0, 0.05) is 0 Å². The second kappa shape index (κ2) is 7.61. The van der Waals surface area contributed by atoms with Crippen molar-refractivity contribution in [1.82, 2.24) is 4.90 Å². The predicted octanol–water partition coefficient (Wildman–Crippen LogP) is 2.44. The molecule has 0 atom stereocenters. The van der Waals surface area contributed by atoms with E-state index in [4.69, 9.17) is 0 Å². The van der Waals surface area contributed by atoms with E-state index in [1.807, 2.05) is 0 Å². The van der Waals surface area contributed by atoms with Gasteiger partial charge in [0.1, 0.15) is 0 Å². The van der Waals surface area contributed by atoms with E-state index in [2.05, 4.69) is 35.0 Å². The second-order valence-electron chi connectivity index (χ2n) is 4.56. The number of hydrogen-bond donors (Lipinski definition) is 0. The molecule has 1 rings (SSSR count). The minimum atomic E-state index is 0.511. The van der Waals surface area contributed by atoms with Gasteiger partial charge in [-0.25, -0.2) is 9.98 Å². The molecule has 86 valence electrons. The molecule has 3 nitrogen and oxygen atoms in total. The first-order valence-electron chi connectivity index (χ1n) is 6.05. The summed E-state index contributed by atoms with van der Waals surface area (Å²) in [6.45, 7) is 1.95. The van der Waals surface area contributed by atoms with Gasteiger partial charge in [0.15, 0.2) is 0 Å². The van der Waals surface area contributed by atoms with Crippen molar-refractivity contribution in [3.63, 3.8) is 0 Å². The van der Waals surface area contributed by atoms with Crippen LogP contribution in [0.25, 0.3) is 0 Å². The topological polar surface area (TPSA) is 28.0 Å². The summed E-state index contributed by atoms with van der Waals surface area (Å²) in [7, 11) is 4.17. The van der Waals surface area contributed by atoms with Crippen LogP contribution in [0.1, 0.15) is 38.5 Å². The molecule has 1 aliphatic carbocycles. The van der Waals surface area contributed by atoms with Crippen LogP contribution in [0.4, 0.5) is 0 Å². The smallest absolute Gasteiger partial charge is 0.0895 e. The molecule has 0 radical (unpaired) electrons. The van der Waals surface area contributed by atoms with Gasteiger partial charge in [0.2, 0.25) is 0 Å². The Balaban J connectivity index is 2.10. The highest BCUT2D eigenvalue weighted by atomic mass is 15.0. The molecule has 0 amide bonds. The Kier molecular flexibility index (Phi) is 6.29. The Morgan fingerprint density at radius 3 is 2.60 bits per heavy atom. The van der Waals surface area contributed by atoms with Crippen LogP contribution < -0.4 is 0 Å². The van der Waals surface area contributed by atoms with Crippen LogP contribution in [-0.4, -0.2) is 44.1 Å². The van der Waals surface area contributed by atoms with Gasteiger partial charge in [-0.1, -0.05) is 19.3 Å². The Hall–Kier alpha value is -0.660. The molecule has 0 N–H and O–H groups in total. The zero-order valence-electron chi connectivity index (χ0n) is 10.1. The largest absolute Gasteiger partial charge is 0.309 e. The quantitative estimate of drug-likeness (QED) is 0.505. The van der Waals surface area contributed by atoms with E-state index in [1.54, 1.807) is 0 Å². The summed E-state index contributed by atoms with van der Waals surface area (Å²) < 4.78 is 0. The molecule has 0 aliphatic heterocycles. The van der Waals surface area contributed by atoms with Crippen LogP contribution in [0.5, 0.6) is 0 Å². The maximum Gasteiger partial charge on any atom is 0.0895 e. The molecule has 0 spiro atoms. The summed E-state index contributed by atoms with van der Waals surface area (Å²) >= 11 is 0. The van der Waals surface area contributed by atoms with Gasteiger partial charge < -0.3 is 4.90 Å². The molecule has 0 heterocycles. The van der Waals surface area contributed by atoms with Gasteiger partial charge in [0.25, 0.3) is 0 Å². The standard InChI is InChI=1S/C12H23N3/c1-15(2)10-6-9-13-11-14-12-7-4-3-5-8-12/h12H,3-10H2,1-2H3. The van der Waals surface area contributed by atoms with Gasteiger partial charge in [-0.2, -0.15) is 0 Å². The highest BCUT2D eigenvalue weighted by Crippen LogP contribution is 2.19. The monoisotopic (exact) mass is 209 g/mol. The maximum atomic E-state index is 4.37. The summed E-state index contributed by atoms with van der Waals surface area (Å²) in [5.74, 6) is 0. The Bertz CT molecular complexity index is 211. The predicted molar refractivity (Wildman–Crippen MR) is 64.8 cm³/mol. The zero-order chi connectivity index (χ0) is 10.9. The lowest BCUT2D eigenvalue weighted by molar-refractivity contribution is 0.403. The molecule has 0 bridgehead atoms. The van der Waals surface area contributed by atoms with Crippen molar-refractivity contribution in [3.8, 4) is 0 Å². The van der Waals surface area contributed by atoms with Crippen molar-refractivity contribution in [2.45, 2.75) is 44.6 Å². The first-order valence-corrected chi connectivity index (χ1v) is 6.05. The molecule has 1 saturated carbocycles. The van der Waals surface area contributed by atoms with Gasteiger partial charge in [-0.05, 0) is 39.9 Å². The Labute approximate surface area is 93.3 Å². The minimum Gasteiger partial charge on any atom is -0.309 e. The van der Waals surface area contributed by atoms with E-state index in [-0.39, 0.29) is 0 Å². The molecule has 15 heavy (non-hydrogen) atoms. The summed E-state index contributed by atoms with van der Waals surface area (Å²) in [5.41, 5.74) is 0. The molecule has 1 fully saturated rings. The molecule has 0 aromatic rings. The molecule has 0 aromatic heterocycles. The highest BCUT2D eigenvalue weighted by Gasteiger charge is 2.10. The van der Waals surface area contributed by atoms with Gasteiger partial charge in [-0.15, -0.1) is 0 Å². The highest BCUT2D eigenvalue weighted by molar-refractivity contribution is 5.41.